The molecule has 0 aliphatic rings. The molecule has 0 spiro atoms. The Kier molecular flexibility index (Phi) is 4.21. The molecule has 0 atom stereocenters. The smallest absolute Gasteiger partial charge is 0.281 e. The summed E-state index contributed by atoms with van der Waals surface area (Å²) in [6.07, 6.45) is 1.50. The predicted molar refractivity (Wildman–Crippen MR) is 99.9 cm³/mol. The second-order valence-corrected chi connectivity index (χ2v) is 5.96. The van der Waals surface area contributed by atoms with E-state index in [4.69, 9.17) is 0 Å². The van der Waals surface area contributed by atoms with Crippen molar-refractivity contribution >= 4 is 16.9 Å². The molecule has 0 unspecified atom stereocenters. The number of para-hydroxylation sites is 1. The van der Waals surface area contributed by atoms with Crippen molar-refractivity contribution < 1.29 is 4.79 Å². The summed E-state index contributed by atoms with van der Waals surface area (Å²) in [5, 5.41) is 15.5. The maximum Gasteiger partial charge on any atom is 0.281 e. The van der Waals surface area contributed by atoms with Crippen LogP contribution in [0.2, 0.25) is 0 Å². The fourth-order valence-electron chi connectivity index (χ4n) is 2.85. The number of carbonyl (C=O) groups excluding carboxylic acids is 1. The third kappa shape index (κ3) is 3.08. The molecule has 0 saturated carbocycles. The molecule has 1 amide bonds. The van der Waals surface area contributed by atoms with Crippen LogP contribution in [0.4, 0.5) is 0 Å². The van der Waals surface area contributed by atoms with Crippen molar-refractivity contribution in [2.75, 3.05) is 7.05 Å². The average molecular weight is 360 g/mol. The van der Waals surface area contributed by atoms with Gasteiger partial charge in [-0.1, -0.05) is 35.5 Å². The fraction of sp³-hybridized carbons (Fsp3) is 0.105. The second kappa shape index (κ2) is 6.83. The molecule has 0 radical (unpaired) electrons. The number of benzene rings is 2. The van der Waals surface area contributed by atoms with Crippen molar-refractivity contribution in [3.63, 3.8) is 0 Å². The number of nitrogens with zero attached hydrogens (tertiary/aromatic N) is 5. The first-order valence-electron chi connectivity index (χ1n) is 8.35. The second-order valence-electron chi connectivity index (χ2n) is 5.96. The van der Waals surface area contributed by atoms with Crippen molar-refractivity contribution in [1.82, 2.24) is 30.1 Å². The summed E-state index contributed by atoms with van der Waals surface area (Å²) in [4.78, 5) is 24.6. The highest BCUT2D eigenvalue weighted by Crippen LogP contribution is 2.13. The van der Waals surface area contributed by atoms with E-state index in [1.807, 2.05) is 36.4 Å². The lowest BCUT2D eigenvalue weighted by atomic mass is 10.1. The highest BCUT2D eigenvalue weighted by atomic mass is 16.1. The van der Waals surface area contributed by atoms with Crippen molar-refractivity contribution in [2.45, 2.75) is 6.54 Å². The van der Waals surface area contributed by atoms with Crippen molar-refractivity contribution in [1.29, 1.82) is 0 Å². The van der Waals surface area contributed by atoms with E-state index in [9.17, 15) is 9.59 Å². The third-order valence-electron chi connectivity index (χ3n) is 4.21. The van der Waals surface area contributed by atoms with Gasteiger partial charge >= 0.3 is 0 Å². The Morgan fingerprint density at radius 2 is 1.93 bits per heavy atom. The first-order valence-corrected chi connectivity index (χ1v) is 8.35. The van der Waals surface area contributed by atoms with Crippen LogP contribution in [0.15, 0.2) is 65.6 Å². The molecule has 134 valence electrons. The molecule has 1 N–H and O–H groups in total. The molecule has 4 rings (SSSR count). The van der Waals surface area contributed by atoms with Gasteiger partial charge in [0.2, 0.25) is 0 Å². The van der Waals surface area contributed by atoms with Gasteiger partial charge in [-0.05, 0) is 29.8 Å². The Labute approximate surface area is 154 Å². The van der Waals surface area contributed by atoms with E-state index in [2.05, 4.69) is 20.7 Å². The van der Waals surface area contributed by atoms with E-state index in [1.54, 1.807) is 29.9 Å². The molecule has 4 aromatic rings. The van der Waals surface area contributed by atoms with Gasteiger partial charge in [-0.25, -0.2) is 9.36 Å². The van der Waals surface area contributed by atoms with Gasteiger partial charge in [0.1, 0.15) is 5.39 Å². The van der Waals surface area contributed by atoms with Crippen molar-refractivity contribution in [3.05, 3.63) is 82.3 Å². The van der Waals surface area contributed by atoms with Crippen LogP contribution in [0.3, 0.4) is 0 Å². The zero-order valence-corrected chi connectivity index (χ0v) is 14.5. The molecule has 8 heteroatoms. The molecular formula is C19H16N6O2. The minimum atomic E-state index is -0.285. The minimum Gasteiger partial charge on any atom is -0.355 e. The standard InChI is InChI=1S/C19H16N6O2/c1-20-18(26)14-7-5-6-13(10-14)12-24-19(27)16-11-21-25(17(16)22-23-24)15-8-3-2-4-9-15/h2-11H,12H2,1H3,(H,20,26). The molecule has 0 aliphatic carbocycles. The molecule has 0 bridgehead atoms. The number of carbonyl (C=O) groups is 1. The number of aromatic nitrogens is 5. The molecule has 2 heterocycles. The third-order valence-corrected chi connectivity index (χ3v) is 4.21. The molecule has 2 aromatic carbocycles. The van der Waals surface area contributed by atoms with Gasteiger partial charge in [-0.2, -0.15) is 5.10 Å². The first kappa shape index (κ1) is 16.6. The van der Waals surface area contributed by atoms with Crippen molar-refractivity contribution in [2.24, 2.45) is 0 Å². The number of fused-ring (bicyclic) bond motifs is 1. The average Bonchev–Trinajstić information content (AvgIpc) is 3.15. The Bertz CT molecular complexity index is 1180. The van der Waals surface area contributed by atoms with Crippen LogP contribution in [0, 0.1) is 0 Å². The fourth-order valence-corrected chi connectivity index (χ4v) is 2.85. The number of nitrogens with one attached hydrogen (secondary N) is 1. The Balaban J connectivity index is 1.71. The topological polar surface area (TPSA) is 94.7 Å². The van der Waals surface area contributed by atoms with E-state index in [0.717, 1.165) is 11.3 Å². The highest BCUT2D eigenvalue weighted by molar-refractivity contribution is 5.94. The number of rotatable bonds is 4. The summed E-state index contributed by atoms with van der Waals surface area (Å²) in [6.45, 7) is 0.211. The summed E-state index contributed by atoms with van der Waals surface area (Å²) in [5.74, 6) is -0.185. The zero-order valence-electron chi connectivity index (χ0n) is 14.5. The molecule has 8 nitrogen and oxygen atoms in total. The van der Waals surface area contributed by atoms with Crippen LogP contribution in [0.1, 0.15) is 15.9 Å². The lowest BCUT2D eigenvalue weighted by Crippen LogP contribution is -2.25. The maximum absolute atomic E-state index is 12.8. The number of amides is 1. The van der Waals surface area contributed by atoms with Gasteiger partial charge in [0, 0.05) is 12.6 Å². The van der Waals surface area contributed by atoms with E-state index in [1.165, 1.54) is 10.9 Å². The van der Waals surface area contributed by atoms with E-state index < -0.39 is 0 Å². The normalized spacial score (nSPS) is 10.9. The van der Waals surface area contributed by atoms with Crippen LogP contribution < -0.4 is 10.9 Å². The zero-order chi connectivity index (χ0) is 18.8. The summed E-state index contributed by atoms with van der Waals surface area (Å²) >= 11 is 0. The molecular weight excluding hydrogens is 344 g/mol. The summed E-state index contributed by atoms with van der Waals surface area (Å²) in [5.41, 5.74) is 2.22. The monoisotopic (exact) mass is 360 g/mol. The maximum atomic E-state index is 12.8. The summed E-state index contributed by atoms with van der Waals surface area (Å²) < 4.78 is 2.85. The minimum absolute atomic E-state index is 0.185. The molecule has 0 saturated heterocycles. The summed E-state index contributed by atoms with van der Waals surface area (Å²) in [7, 11) is 1.57. The van der Waals surface area contributed by atoms with Crippen LogP contribution in [0.25, 0.3) is 16.7 Å². The largest absolute Gasteiger partial charge is 0.355 e. The lowest BCUT2D eigenvalue weighted by molar-refractivity contribution is 0.0963. The Morgan fingerprint density at radius 1 is 1.11 bits per heavy atom. The van der Waals surface area contributed by atoms with Gasteiger partial charge in [0.05, 0.1) is 18.4 Å². The van der Waals surface area contributed by atoms with E-state index in [-0.39, 0.29) is 18.0 Å². The summed E-state index contributed by atoms with van der Waals surface area (Å²) in [6, 6.07) is 16.5. The molecule has 27 heavy (non-hydrogen) atoms. The van der Waals surface area contributed by atoms with Crippen LogP contribution in [-0.2, 0) is 6.54 Å². The van der Waals surface area contributed by atoms with Gasteiger partial charge in [0.15, 0.2) is 5.65 Å². The SMILES string of the molecule is CNC(=O)c1cccc(Cn2nnc3c(cnn3-c3ccccc3)c2=O)c1. The first-order chi connectivity index (χ1) is 13.2. The Morgan fingerprint density at radius 3 is 2.70 bits per heavy atom. The van der Waals surface area contributed by atoms with Gasteiger partial charge in [-0.15, -0.1) is 5.10 Å². The Hall–Kier alpha value is -3.81. The molecule has 2 aromatic heterocycles. The predicted octanol–water partition coefficient (Wildman–Crippen LogP) is 1.39. The molecule has 0 fully saturated rings. The van der Waals surface area contributed by atoms with Crippen LogP contribution >= 0.6 is 0 Å². The van der Waals surface area contributed by atoms with Crippen molar-refractivity contribution in [3.8, 4) is 5.69 Å². The number of hydrogen-bond acceptors (Lipinski definition) is 5. The van der Waals surface area contributed by atoms with E-state index in [0.29, 0.717) is 16.6 Å². The van der Waals surface area contributed by atoms with Gasteiger partial charge in [-0.3, -0.25) is 9.59 Å². The van der Waals surface area contributed by atoms with Crippen LogP contribution in [-0.4, -0.2) is 37.7 Å². The quantitative estimate of drug-likeness (QED) is 0.593. The number of hydrogen-bond donors (Lipinski definition) is 1. The van der Waals surface area contributed by atoms with Gasteiger partial charge in [0.25, 0.3) is 11.5 Å². The van der Waals surface area contributed by atoms with E-state index >= 15 is 0 Å². The van der Waals surface area contributed by atoms with Gasteiger partial charge < -0.3 is 5.32 Å². The molecule has 0 aliphatic heterocycles. The van der Waals surface area contributed by atoms with Crippen LogP contribution in [0.5, 0.6) is 0 Å². The highest BCUT2D eigenvalue weighted by Gasteiger charge is 2.13. The lowest BCUT2D eigenvalue weighted by Gasteiger charge is -2.06.